The van der Waals surface area contributed by atoms with E-state index in [0.29, 0.717) is 0 Å². The van der Waals surface area contributed by atoms with Crippen molar-refractivity contribution in [2.24, 2.45) is 5.92 Å². The lowest BCUT2D eigenvalue weighted by Gasteiger charge is -2.19. The first kappa shape index (κ1) is 12.3. The predicted molar refractivity (Wildman–Crippen MR) is 68.7 cm³/mol. The molecule has 0 radical (unpaired) electrons. The van der Waals surface area contributed by atoms with Crippen molar-refractivity contribution in [1.29, 1.82) is 0 Å². The minimum absolute atomic E-state index is 0.740. The van der Waals surface area contributed by atoms with Crippen LogP contribution in [0.25, 0.3) is 0 Å². The smallest absolute Gasteiger partial charge is 0.0250 e. The average Bonchev–Trinajstić information content (AvgIpc) is 2.18. The minimum atomic E-state index is 0.740. The third kappa shape index (κ3) is 2.25. The number of hydrogen-bond donors (Lipinski definition) is 0. The van der Waals surface area contributed by atoms with Crippen molar-refractivity contribution in [2.75, 3.05) is 0 Å². The summed E-state index contributed by atoms with van der Waals surface area (Å²) in [5, 5.41) is 0. The van der Waals surface area contributed by atoms with Gasteiger partial charge in [-0.15, -0.1) is 0 Å². The van der Waals surface area contributed by atoms with Crippen LogP contribution in [-0.4, -0.2) is 0 Å². The van der Waals surface area contributed by atoms with E-state index in [0.717, 1.165) is 5.92 Å². The molecule has 0 spiro atoms. The quantitative estimate of drug-likeness (QED) is 0.668. The zero-order valence-corrected chi connectivity index (χ0v) is 11.3. The predicted octanol–water partition coefficient (Wildman–Crippen LogP) is 4.43. The molecular formula is C15H24. The molecule has 0 fully saturated rings. The Labute approximate surface area is 94.7 Å². The van der Waals surface area contributed by atoms with Gasteiger partial charge in [-0.1, -0.05) is 13.8 Å². The summed E-state index contributed by atoms with van der Waals surface area (Å²) in [6, 6.07) is 0. The Morgan fingerprint density at radius 1 is 0.667 bits per heavy atom. The van der Waals surface area contributed by atoms with Gasteiger partial charge in [0.15, 0.2) is 0 Å². The third-order valence-electron chi connectivity index (χ3n) is 3.77. The van der Waals surface area contributed by atoms with Crippen LogP contribution in [0.15, 0.2) is 0 Å². The number of rotatable bonds is 2. The van der Waals surface area contributed by atoms with Gasteiger partial charge in [0.05, 0.1) is 0 Å². The van der Waals surface area contributed by atoms with Crippen LogP contribution in [0.4, 0.5) is 0 Å². The molecule has 84 valence electrons. The van der Waals surface area contributed by atoms with Crippen molar-refractivity contribution in [1.82, 2.24) is 0 Å². The molecule has 15 heavy (non-hydrogen) atoms. The van der Waals surface area contributed by atoms with Gasteiger partial charge in [-0.05, 0) is 80.3 Å². The molecule has 0 nitrogen and oxygen atoms in total. The van der Waals surface area contributed by atoms with Gasteiger partial charge >= 0.3 is 0 Å². The van der Waals surface area contributed by atoms with Crippen molar-refractivity contribution >= 4 is 0 Å². The molecule has 0 aromatic heterocycles. The van der Waals surface area contributed by atoms with Crippen LogP contribution < -0.4 is 0 Å². The van der Waals surface area contributed by atoms with E-state index in [1.54, 1.807) is 5.56 Å². The molecule has 0 bridgehead atoms. The summed E-state index contributed by atoms with van der Waals surface area (Å²) in [5.41, 5.74) is 9.01. The maximum atomic E-state index is 2.30. The van der Waals surface area contributed by atoms with E-state index in [9.17, 15) is 0 Å². The molecule has 0 aliphatic heterocycles. The molecule has 1 aromatic carbocycles. The Morgan fingerprint density at radius 3 is 1.33 bits per heavy atom. The van der Waals surface area contributed by atoms with Gasteiger partial charge < -0.3 is 0 Å². The molecule has 0 aliphatic rings. The van der Waals surface area contributed by atoms with E-state index >= 15 is 0 Å². The summed E-state index contributed by atoms with van der Waals surface area (Å²) in [6.07, 6.45) is 1.21. The van der Waals surface area contributed by atoms with Crippen LogP contribution in [0, 0.1) is 40.5 Å². The molecule has 1 rings (SSSR count). The topological polar surface area (TPSA) is 0 Å². The maximum Gasteiger partial charge on any atom is -0.0250 e. The second-order valence-electron chi connectivity index (χ2n) is 5.20. The molecule has 0 atom stereocenters. The Hall–Kier alpha value is -0.780. The Balaban J connectivity index is 3.39. The van der Waals surface area contributed by atoms with Crippen molar-refractivity contribution in [2.45, 2.75) is 54.9 Å². The molecule has 0 unspecified atom stereocenters. The van der Waals surface area contributed by atoms with Gasteiger partial charge in [0.25, 0.3) is 0 Å². The van der Waals surface area contributed by atoms with E-state index in [1.807, 2.05) is 0 Å². The lowest BCUT2D eigenvalue weighted by atomic mass is 9.86. The molecule has 0 heterocycles. The molecule has 0 saturated heterocycles. The van der Waals surface area contributed by atoms with Crippen LogP contribution in [0.5, 0.6) is 0 Å². The summed E-state index contributed by atoms with van der Waals surface area (Å²) < 4.78 is 0. The monoisotopic (exact) mass is 204 g/mol. The van der Waals surface area contributed by atoms with Crippen molar-refractivity contribution in [3.8, 4) is 0 Å². The van der Waals surface area contributed by atoms with Crippen LogP contribution in [0.2, 0.25) is 0 Å². The van der Waals surface area contributed by atoms with Crippen LogP contribution >= 0.6 is 0 Å². The largest absolute Gasteiger partial charge is 0.0625 e. The van der Waals surface area contributed by atoms with Crippen LogP contribution in [0.1, 0.15) is 47.2 Å². The zero-order valence-electron chi connectivity index (χ0n) is 11.3. The zero-order chi connectivity index (χ0) is 11.7. The van der Waals surface area contributed by atoms with Gasteiger partial charge in [-0.3, -0.25) is 0 Å². The van der Waals surface area contributed by atoms with E-state index in [1.165, 1.54) is 34.2 Å². The Morgan fingerprint density at radius 2 is 1.00 bits per heavy atom. The van der Waals surface area contributed by atoms with E-state index in [-0.39, 0.29) is 0 Å². The fraction of sp³-hybridized carbons (Fsp3) is 0.600. The van der Waals surface area contributed by atoms with Gasteiger partial charge in [0.2, 0.25) is 0 Å². The maximum absolute atomic E-state index is 2.30. The highest BCUT2D eigenvalue weighted by molar-refractivity contribution is 5.49. The van der Waals surface area contributed by atoms with Crippen LogP contribution in [-0.2, 0) is 6.42 Å². The summed E-state index contributed by atoms with van der Waals surface area (Å²) >= 11 is 0. The first-order chi connectivity index (χ1) is 6.86. The van der Waals surface area contributed by atoms with E-state index < -0.39 is 0 Å². The van der Waals surface area contributed by atoms with Gasteiger partial charge in [-0.2, -0.15) is 0 Å². The molecule has 0 amide bonds. The van der Waals surface area contributed by atoms with Crippen molar-refractivity contribution in [3.63, 3.8) is 0 Å². The number of hydrogen-bond acceptors (Lipinski definition) is 0. The molecule has 1 aromatic rings. The van der Waals surface area contributed by atoms with Crippen LogP contribution in [0.3, 0.4) is 0 Å². The first-order valence-corrected chi connectivity index (χ1v) is 5.92. The van der Waals surface area contributed by atoms with Gasteiger partial charge in [0, 0.05) is 0 Å². The molecule has 0 aliphatic carbocycles. The van der Waals surface area contributed by atoms with Gasteiger partial charge in [-0.25, -0.2) is 0 Å². The number of benzene rings is 1. The highest BCUT2D eigenvalue weighted by Crippen LogP contribution is 2.27. The highest BCUT2D eigenvalue weighted by atomic mass is 14.2. The average molecular weight is 204 g/mol. The standard InChI is InChI=1S/C15H24/c1-9(2)8-15-13(6)11(4)10(3)12(5)14(15)7/h9H,8H2,1-7H3. The van der Waals surface area contributed by atoms with E-state index in [4.69, 9.17) is 0 Å². The minimum Gasteiger partial charge on any atom is -0.0625 e. The summed E-state index contributed by atoms with van der Waals surface area (Å²) in [5.74, 6) is 0.740. The van der Waals surface area contributed by atoms with Crippen molar-refractivity contribution in [3.05, 3.63) is 33.4 Å². The second kappa shape index (κ2) is 4.38. The normalized spacial score (nSPS) is 11.2. The molecular weight excluding hydrogens is 180 g/mol. The Kier molecular flexibility index (Phi) is 3.59. The SMILES string of the molecule is Cc1c(C)c(C)c(CC(C)C)c(C)c1C. The summed E-state index contributed by atoms with van der Waals surface area (Å²) in [7, 11) is 0. The van der Waals surface area contributed by atoms with Gasteiger partial charge in [0.1, 0.15) is 0 Å². The Bertz CT molecular complexity index is 341. The molecule has 0 saturated carbocycles. The highest BCUT2D eigenvalue weighted by Gasteiger charge is 2.12. The summed E-state index contributed by atoms with van der Waals surface area (Å²) in [6.45, 7) is 15.9. The molecule has 0 heteroatoms. The third-order valence-corrected chi connectivity index (χ3v) is 3.77. The summed E-state index contributed by atoms with van der Waals surface area (Å²) in [4.78, 5) is 0. The van der Waals surface area contributed by atoms with Crippen molar-refractivity contribution < 1.29 is 0 Å². The lowest BCUT2D eigenvalue weighted by Crippen LogP contribution is -2.05. The fourth-order valence-electron chi connectivity index (χ4n) is 2.29. The second-order valence-corrected chi connectivity index (χ2v) is 5.20. The lowest BCUT2D eigenvalue weighted by molar-refractivity contribution is 0.641. The van der Waals surface area contributed by atoms with E-state index in [2.05, 4.69) is 48.5 Å². The fourth-order valence-corrected chi connectivity index (χ4v) is 2.29. The molecule has 0 N–H and O–H groups in total. The first-order valence-electron chi connectivity index (χ1n) is 5.92.